The van der Waals surface area contributed by atoms with Gasteiger partial charge in [-0.25, -0.2) is 0 Å². The Morgan fingerprint density at radius 2 is 0.956 bits per heavy atom. The first-order chi connectivity index (χ1) is 32.3. The summed E-state index contributed by atoms with van der Waals surface area (Å²) in [6.07, 6.45) is 32.6. The van der Waals surface area contributed by atoms with E-state index in [1.807, 2.05) is 0 Å². The molecule has 18 atom stereocenters. The fourth-order valence-corrected chi connectivity index (χ4v) is 20.6. The van der Waals surface area contributed by atoms with Crippen molar-refractivity contribution in [1.29, 1.82) is 0 Å². The van der Waals surface area contributed by atoms with Crippen LogP contribution in [0.15, 0.2) is 23.3 Å². The Hall–Kier alpha value is -0.960. The Bertz CT molecular complexity index is 1690. The van der Waals surface area contributed by atoms with E-state index in [2.05, 4.69) is 81.4 Å². The number of ether oxygens (including phenoxy) is 2. The van der Waals surface area contributed by atoms with Crippen LogP contribution in [0.25, 0.3) is 0 Å². The summed E-state index contributed by atoms with van der Waals surface area (Å²) in [5, 5.41) is 0. The zero-order valence-corrected chi connectivity index (χ0v) is 46.6. The van der Waals surface area contributed by atoms with Gasteiger partial charge in [-0.15, -0.1) is 0 Å². The van der Waals surface area contributed by atoms with Gasteiger partial charge in [0.15, 0.2) is 0 Å². The summed E-state index contributed by atoms with van der Waals surface area (Å²) in [6, 6.07) is -1.41. The standard InChI is InChI=1S/C60H100N2O4S2/c1-37(2)13-11-15-39(5)47-21-23-49-45-19-17-41-33-43(25-29-57(41,7)51(45)27-31-59(47,49)9)65-55(63)53(61)35-67-68-36-54(62)56(64)66-44-26-30-58(8)42(34-44)18-20-46-50-24-22-48(40(6)16-12-14-38(3)4)60(50,10)32-28-52(46)58/h17-18,37-40,43-54H,11-16,19-36,61-62H2,1-10H3/t39-,40-,43+,44+,45+,46+,47-,48-,49+,50+,51+,52+,53+,54+,57+,58+,59-,60-/m1/s1. The Morgan fingerprint density at radius 1 is 0.559 bits per heavy atom. The molecular weight excluding hydrogens is 877 g/mol. The zero-order valence-electron chi connectivity index (χ0n) is 45.0. The van der Waals surface area contributed by atoms with Gasteiger partial charge in [0.2, 0.25) is 0 Å². The van der Waals surface area contributed by atoms with E-state index in [1.54, 1.807) is 11.1 Å². The molecule has 0 aromatic rings. The second kappa shape index (κ2) is 21.9. The molecule has 6 nitrogen and oxygen atoms in total. The van der Waals surface area contributed by atoms with Crippen LogP contribution in [0.3, 0.4) is 0 Å². The van der Waals surface area contributed by atoms with Crippen molar-refractivity contribution < 1.29 is 19.1 Å². The van der Waals surface area contributed by atoms with Gasteiger partial charge in [0.25, 0.3) is 0 Å². The topological polar surface area (TPSA) is 105 Å². The number of carbonyl (C=O) groups is 2. The average molecular weight is 978 g/mol. The maximum Gasteiger partial charge on any atom is 0.324 e. The minimum Gasteiger partial charge on any atom is -0.461 e. The van der Waals surface area contributed by atoms with Crippen LogP contribution < -0.4 is 11.5 Å². The highest BCUT2D eigenvalue weighted by molar-refractivity contribution is 8.76. The van der Waals surface area contributed by atoms with Crippen molar-refractivity contribution in [3.05, 3.63) is 23.3 Å². The lowest BCUT2D eigenvalue weighted by Gasteiger charge is -2.58. The maximum absolute atomic E-state index is 13.3. The van der Waals surface area contributed by atoms with Gasteiger partial charge in [0.1, 0.15) is 24.3 Å². The molecule has 0 aromatic carbocycles. The van der Waals surface area contributed by atoms with Crippen LogP contribution in [0, 0.1) is 92.7 Å². The largest absolute Gasteiger partial charge is 0.461 e. The monoisotopic (exact) mass is 977 g/mol. The van der Waals surface area contributed by atoms with Crippen molar-refractivity contribution in [1.82, 2.24) is 0 Å². The lowest BCUT2D eigenvalue weighted by atomic mass is 9.47. The zero-order chi connectivity index (χ0) is 48.8. The first-order valence-corrected chi connectivity index (χ1v) is 31.3. The molecule has 0 heterocycles. The molecule has 6 saturated carbocycles. The van der Waals surface area contributed by atoms with E-state index in [1.165, 1.54) is 124 Å². The fraction of sp³-hybridized carbons (Fsp3) is 0.900. The lowest BCUT2D eigenvalue weighted by molar-refractivity contribution is -0.153. The molecule has 0 amide bonds. The molecule has 0 saturated heterocycles. The number of allylic oxidation sites excluding steroid dienone is 2. The number of fused-ring (bicyclic) bond motifs is 10. The van der Waals surface area contributed by atoms with Crippen LogP contribution in [0.1, 0.15) is 210 Å². The van der Waals surface area contributed by atoms with E-state index in [9.17, 15) is 9.59 Å². The Labute approximate surface area is 424 Å². The van der Waals surface area contributed by atoms with Gasteiger partial charge in [-0.3, -0.25) is 9.59 Å². The molecule has 0 radical (unpaired) electrons. The second-order valence-corrected chi connectivity index (χ2v) is 29.5. The average Bonchev–Trinajstić information content (AvgIpc) is 3.84. The van der Waals surface area contributed by atoms with Gasteiger partial charge in [-0.05, 0) is 183 Å². The summed E-state index contributed by atoms with van der Waals surface area (Å²) >= 11 is 0. The van der Waals surface area contributed by atoms with Crippen molar-refractivity contribution in [2.24, 2.45) is 104 Å². The van der Waals surface area contributed by atoms with Crippen molar-refractivity contribution in [3.8, 4) is 0 Å². The van der Waals surface area contributed by atoms with E-state index in [4.69, 9.17) is 20.9 Å². The van der Waals surface area contributed by atoms with Crippen LogP contribution in [-0.4, -0.2) is 47.7 Å². The van der Waals surface area contributed by atoms with Crippen LogP contribution in [0.2, 0.25) is 0 Å². The molecule has 68 heavy (non-hydrogen) atoms. The molecule has 0 bridgehead atoms. The predicted octanol–water partition coefficient (Wildman–Crippen LogP) is 14.9. The Kier molecular flexibility index (Phi) is 17.1. The minimum absolute atomic E-state index is 0.0956. The van der Waals surface area contributed by atoms with Gasteiger partial charge >= 0.3 is 11.9 Å². The summed E-state index contributed by atoms with van der Waals surface area (Å²) in [7, 11) is 3.01. The van der Waals surface area contributed by atoms with E-state index in [0.717, 1.165) is 110 Å². The number of carbonyl (C=O) groups excluding carboxylic acids is 2. The van der Waals surface area contributed by atoms with E-state index in [-0.39, 0.29) is 35.0 Å². The van der Waals surface area contributed by atoms with E-state index in [0.29, 0.717) is 22.3 Å². The highest BCUT2D eigenvalue weighted by Crippen LogP contribution is 2.69. The normalized spacial score (nSPS) is 41.4. The molecule has 8 aliphatic carbocycles. The molecule has 0 aliphatic heterocycles. The molecule has 386 valence electrons. The van der Waals surface area contributed by atoms with Gasteiger partial charge in [0.05, 0.1) is 0 Å². The van der Waals surface area contributed by atoms with Crippen molar-refractivity contribution in [2.45, 2.75) is 235 Å². The smallest absolute Gasteiger partial charge is 0.324 e. The Balaban J connectivity index is 0.743. The summed E-state index contributed by atoms with van der Waals surface area (Å²) < 4.78 is 12.3. The van der Waals surface area contributed by atoms with Crippen LogP contribution in [-0.2, 0) is 19.1 Å². The lowest BCUT2D eigenvalue weighted by Crippen LogP contribution is -2.51. The van der Waals surface area contributed by atoms with Crippen molar-refractivity contribution in [3.63, 3.8) is 0 Å². The summed E-state index contributed by atoms with van der Waals surface area (Å²) in [5.41, 5.74) is 17.4. The van der Waals surface area contributed by atoms with E-state index >= 15 is 0 Å². The van der Waals surface area contributed by atoms with Crippen molar-refractivity contribution >= 4 is 33.5 Å². The highest BCUT2D eigenvalue weighted by Gasteiger charge is 2.61. The third-order valence-electron chi connectivity index (χ3n) is 22.3. The van der Waals surface area contributed by atoms with Gasteiger partial charge < -0.3 is 20.9 Å². The number of nitrogens with two attached hydrogens (primary N) is 2. The first kappa shape index (κ1) is 53.3. The maximum atomic E-state index is 13.3. The highest BCUT2D eigenvalue weighted by atomic mass is 33.1. The number of hydrogen-bond acceptors (Lipinski definition) is 8. The van der Waals surface area contributed by atoms with Gasteiger partial charge in [-0.1, -0.05) is 153 Å². The van der Waals surface area contributed by atoms with Gasteiger partial charge in [0, 0.05) is 24.3 Å². The molecular formula is C60H100N2O4S2. The molecule has 0 aromatic heterocycles. The molecule has 8 aliphatic rings. The second-order valence-electron chi connectivity index (χ2n) is 27.0. The number of esters is 2. The molecule has 8 heteroatoms. The first-order valence-electron chi connectivity index (χ1n) is 28.8. The summed E-state index contributed by atoms with van der Waals surface area (Å²) in [4.78, 5) is 26.7. The SMILES string of the molecule is CC(C)CCC[C@@H](C)[C@H]1CC[C@H]2[C@@H]3CC=C4C[C@@H](OC(=O)[C@@H](N)CSSC[C@H](N)C(=O)O[C@H]5CC[C@@]6(C)C(=CC[C@H]7[C@@H]8CC[C@H]([C@H](C)CCCC(C)C)[C@@]8(C)CC[C@@H]76)C5)CC[C@]4(C)[C@H]3CC[C@]12C. The van der Waals surface area contributed by atoms with Gasteiger partial charge in [-0.2, -0.15) is 0 Å². The molecule has 8 rings (SSSR count). The minimum atomic E-state index is -0.705. The van der Waals surface area contributed by atoms with E-state index < -0.39 is 12.1 Å². The molecule has 0 spiro atoms. The quantitative estimate of drug-likeness (QED) is 0.0571. The molecule has 6 fully saturated rings. The Morgan fingerprint density at radius 3 is 1.34 bits per heavy atom. The third-order valence-corrected chi connectivity index (χ3v) is 24.7. The summed E-state index contributed by atoms with van der Waals surface area (Å²) in [5.74, 6) is 10.1. The number of rotatable bonds is 19. The van der Waals surface area contributed by atoms with Crippen molar-refractivity contribution in [2.75, 3.05) is 11.5 Å². The predicted molar refractivity (Wildman–Crippen MR) is 287 cm³/mol. The van der Waals surface area contributed by atoms with Crippen LogP contribution in [0.4, 0.5) is 0 Å². The molecule has 0 unspecified atom stereocenters. The fourth-order valence-electron chi connectivity index (χ4n) is 18.4. The summed E-state index contributed by atoms with van der Waals surface area (Å²) in [6.45, 7) is 25.1. The van der Waals surface area contributed by atoms with Crippen LogP contribution in [0.5, 0.6) is 0 Å². The number of hydrogen-bond donors (Lipinski definition) is 2. The molecule has 4 N–H and O–H groups in total. The third kappa shape index (κ3) is 10.7. The van der Waals surface area contributed by atoms with Crippen LogP contribution >= 0.6 is 21.6 Å².